The summed E-state index contributed by atoms with van der Waals surface area (Å²) in [6.45, 7) is -5.33. The smallest absolute Gasteiger partial charge is 0.0570 e. The molecule has 0 heterocycles. The highest BCUT2D eigenvalue weighted by molar-refractivity contribution is 4.82. The molecular weight excluding hydrogens is 116 g/mol. The first-order chi connectivity index (χ1) is 5.71. The summed E-state index contributed by atoms with van der Waals surface area (Å²) < 4.78 is 28.6. The van der Waals surface area contributed by atoms with Gasteiger partial charge in [0.2, 0.25) is 0 Å². The Bertz CT molecular complexity index is 172. The van der Waals surface area contributed by atoms with E-state index in [2.05, 4.69) is 0 Å². The fourth-order valence-corrected chi connectivity index (χ4v) is 1.23. The molecule has 1 aliphatic rings. The van der Waals surface area contributed by atoms with Crippen molar-refractivity contribution in [2.45, 2.75) is 25.7 Å². The maximum Gasteiger partial charge on any atom is 0.0570 e. The minimum absolute atomic E-state index is 0.181. The van der Waals surface area contributed by atoms with Crippen molar-refractivity contribution >= 4 is 0 Å². The van der Waals surface area contributed by atoms with Crippen LogP contribution in [0.5, 0.6) is 0 Å². The zero-order chi connectivity index (χ0) is 10.3. The van der Waals surface area contributed by atoms with Crippen LogP contribution < -0.4 is 0 Å². The van der Waals surface area contributed by atoms with Gasteiger partial charge >= 0.3 is 0 Å². The fraction of sp³-hybridized carbons (Fsp3) is 1.00. The normalized spacial score (nSPS) is 34.4. The third kappa shape index (κ3) is 1.25. The summed E-state index contributed by atoms with van der Waals surface area (Å²) in [6, 6.07) is 0. The topological polar surface area (TPSA) is 40.5 Å². The van der Waals surface area contributed by atoms with Gasteiger partial charge in [0.1, 0.15) is 0 Å². The molecule has 54 valence electrons. The average molecular weight is 134 g/mol. The number of hydrogen-bond donors (Lipinski definition) is 2. The van der Waals surface area contributed by atoms with Crippen molar-refractivity contribution in [3.8, 4) is 0 Å². The molecule has 1 aliphatic carbocycles. The first-order valence-electron chi connectivity index (χ1n) is 5.15. The molecule has 1 rings (SSSR count). The highest BCUT2D eigenvalue weighted by Crippen LogP contribution is 2.36. The van der Waals surface area contributed by atoms with Crippen LogP contribution in [0.1, 0.15) is 31.2 Å². The van der Waals surface area contributed by atoms with Gasteiger partial charge in [-0.15, -0.1) is 0 Å². The van der Waals surface area contributed by atoms with E-state index in [1.165, 1.54) is 0 Å². The molecule has 0 atom stereocenters. The van der Waals surface area contributed by atoms with Crippen LogP contribution >= 0.6 is 0 Å². The third-order valence-corrected chi connectivity index (χ3v) is 1.89. The van der Waals surface area contributed by atoms with Crippen LogP contribution in [0.2, 0.25) is 0 Å². The van der Waals surface area contributed by atoms with Gasteiger partial charge in [-0.2, -0.15) is 0 Å². The van der Waals surface area contributed by atoms with Crippen LogP contribution in [0.4, 0.5) is 0 Å². The summed E-state index contributed by atoms with van der Waals surface area (Å²) in [4.78, 5) is 0. The molecule has 0 aromatic rings. The number of hydrogen-bond acceptors (Lipinski definition) is 2. The summed E-state index contributed by atoms with van der Waals surface area (Å²) >= 11 is 0. The molecule has 2 heteroatoms. The van der Waals surface area contributed by atoms with Gasteiger partial charge in [0.25, 0.3) is 0 Å². The van der Waals surface area contributed by atoms with Gasteiger partial charge in [-0.3, -0.25) is 0 Å². The molecule has 0 unspecified atom stereocenters. The zero-order valence-corrected chi connectivity index (χ0v) is 5.22. The largest absolute Gasteiger partial charge is 0.396 e. The molecule has 1 saturated carbocycles. The lowest BCUT2D eigenvalue weighted by atomic mass is 9.89. The standard InChI is InChI=1S/C7H14O2/c8-5-7(6-9)3-1-2-4-7/h8-9H,1-6H2/i5D2,6D2. The lowest BCUT2D eigenvalue weighted by Gasteiger charge is -2.22. The Balaban J connectivity index is 3.02. The van der Waals surface area contributed by atoms with Crippen molar-refractivity contribution < 1.29 is 15.7 Å². The second-order valence-electron chi connectivity index (χ2n) is 2.51. The first-order valence-corrected chi connectivity index (χ1v) is 3.15. The minimum atomic E-state index is -2.66. The highest BCUT2D eigenvalue weighted by atomic mass is 16.3. The summed E-state index contributed by atoms with van der Waals surface area (Å²) in [5, 5.41) is 18.5. The van der Waals surface area contributed by atoms with E-state index in [-0.39, 0.29) is 12.8 Å². The van der Waals surface area contributed by atoms with E-state index in [1.807, 2.05) is 0 Å². The van der Waals surface area contributed by atoms with Gasteiger partial charge in [-0.05, 0) is 12.8 Å². The van der Waals surface area contributed by atoms with Crippen molar-refractivity contribution in [3.05, 3.63) is 0 Å². The van der Waals surface area contributed by atoms with Gasteiger partial charge in [0.15, 0.2) is 0 Å². The maximum atomic E-state index is 9.24. The SMILES string of the molecule is [2H]C([2H])(O)C1(C([2H])([2H])O)CCCC1. The minimum Gasteiger partial charge on any atom is -0.396 e. The maximum absolute atomic E-state index is 9.24. The molecule has 2 N–H and O–H groups in total. The molecule has 0 spiro atoms. The molecular formula is C7H14O2. The Hall–Kier alpha value is -0.0800. The monoisotopic (exact) mass is 134 g/mol. The molecule has 2 nitrogen and oxygen atoms in total. The van der Waals surface area contributed by atoms with Gasteiger partial charge in [-0.1, -0.05) is 12.8 Å². The molecule has 1 fully saturated rings. The molecule has 9 heavy (non-hydrogen) atoms. The van der Waals surface area contributed by atoms with Crippen molar-refractivity contribution in [3.63, 3.8) is 0 Å². The van der Waals surface area contributed by atoms with Crippen LogP contribution in [0.3, 0.4) is 0 Å². The van der Waals surface area contributed by atoms with Crippen molar-refractivity contribution in [1.29, 1.82) is 0 Å². The molecule has 0 bridgehead atoms. The molecule has 0 aromatic carbocycles. The Morgan fingerprint density at radius 3 is 1.89 bits per heavy atom. The Morgan fingerprint density at radius 1 is 1.22 bits per heavy atom. The van der Waals surface area contributed by atoms with Crippen LogP contribution in [0.25, 0.3) is 0 Å². The van der Waals surface area contributed by atoms with Crippen LogP contribution in [0, 0.1) is 5.41 Å². The predicted octanol–water partition coefficient (Wildman–Crippen LogP) is 0.531. The van der Waals surface area contributed by atoms with Crippen molar-refractivity contribution in [1.82, 2.24) is 0 Å². The summed E-state index contributed by atoms with van der Waals surface area (Å²) in [5.74, 6) is 0. The first kappa shape index (κ1) is 3.35. The van der Waals surface area contributed by atoms with Crippen LogP contribution in [-0.4, -0.2) is 23.3 Å². The van der Waals surface area contributed by atoms with Gasteiger partial charge < -0.3 is 10.2 Å². The van der Waals surface area contributed by atoms with E-state index in [9.17, 15) is 10.2 Å². The quantitative estimate of drug-likeness (QED) is 0.578. The van der Waals surface area contributed by atoms with E-state index in [0.717, 1.165) is 0 Å². The van der Waals surface area contributed by atoms with E-state index in [1.54, 1.807) is 0 Å². The lowest BCUT2D eigenvalue weighted by molar-refractivity contribution is 0.0606. The summed E-state index contributed by atoms with van der Waals surface area (Å²) in [7, 11) is 0. The van der Waals surface area contributed by atoms with E-state index < -0.39 is 18.5 Å². The number of rotatable bonds is 2. The number of aliphatic hydroxyl groups is 2. The molecule has 0 aliphatic heterocycles. The zero-order valence-electron chi connectivity index (χ0n) is 9.22. The van der Waals surface area contributed by atoms with E-state index >= 15 is 0 Å². The van der Waals surface area contributed by atoms with Crippen LogP contribution in [-0.2, 0) is 0 Å². The Kier molecular flexibility index (Phi) is 0.994. The summed E-state index contributed by atoms with van der Waals surface area (Å²) in [6.07, 6.45) is 1.64. The molecule has 0 saturated heterocycles. The fourth-order valence-electron chi connectivity index (χ4n) is 1.23. The Labute approximate surface area is 61.1 Å². The average Bonchev–Trinajstić information content (AvgIpc) is 2.28. The summed E-state index contributed by atoms with van der Waals surface area (Å²) in [5.41, 5.74) is -1.65. The Morgan fingerprint density at radius 2 is 1.67 bits per heavy atom. The molecule has 0 amide bonds. The van der Waals surface area contributed by atoms with Gasteiger partial charge in [0.05, 0.1) is 18.6 Å². The van der Waals surface area contributed by atoms with Crippen LogP contribution in [0.15, 0.2) is 0 Å². The van der Waals surface area contributed by atoms with Gasteiger partial charge in [0, 0.05) is 5.41 Å². The highest BCUT2D eigenvalue weighted by Gasteiger charge is 2.31. The van der Waals surface area contributed by atoms with Crippen molar-refractivity contribution in [2.24, 2.45) is 5.41 Å². The second-order valence-corrected chi connectivity index (χ2v) is 2.51. The molecule has 0 aromatic heterocycles. The van der Waals surface area contributed by atoms with Crippen molar-refractivity contribution in [2.75, 3.05) is 13.1 Å². The predicted molar refractivity (Wildman–Crippen MR) is 35.1 cm³/mol. The van der Waals surface area contributed by atoms with Gasteiger partial charge in [-0.25, -0.2) is 0 Å². The lowest BCUT2D eigenvalue weighted by Crippen LogP contribution is -2.25. The molecule has 0 radical (unpaired) electrons. The second kappa shape index (κ2) is 2.67. The van der Waals surface area contributed by atoms with E-state index in [4.69, 9.17) is 5.48 Å². The third-order valence-electron chi connectivity index (χ3n) is 1.89. The van der Waals surface area contributed by atoms with E-state index in [0.29, 0.717) is 12.8 Å².